The maximum atomic E-state index is 12.6. The predicted molar refractivity (Wildman–Crippen MR) is 142 cm³/mol. The van der Waals surface area contributed by atoms with Crippen LogP contribution in [0.5, 0.6) is 5.75 Å². The number of carbonyl (C=O) groups excluding carboxylic acids is 1. The number of fused-ring (bicyclic) bond motifs is 3. The SMILES string of the molecule is CCNC(=O)C1CCc2[nH]c3ncnc(Nc4cc(C(C)CC)c(C(C)CC)cc4OC)c3c2C1. The Morgan fingerprint density at radius 1 is 1.14 bits per heavy atom. The third-order valence-corrected chi connectivity index (χ3v) is 7.64. The van der Waals surface area contributed by atoms with Gasteiger partial charge in [-0.05, 0) is 79.7 Å². The first kappa shape index (κ1) is 25.0. The molecule has 0 aliphatic heterocycles. The van der Waals surface area contributed by atoms with Crippen molar-refractivity contribution in [1.29, 1.82) is 0 Å². The second-order valence-electron chi connectivity index (χ2n) is 9.79. The van der Waals surface area contributed by atoms with Crippen molar-refractivity contribution in [1.82, 2.24) is 20.3 Å². The fraction of sp³-hybridized carbons (Fsp3) is 0.536. The van der Waals surface area contributed by atoms with Crippen LogP contribution < -0.4 is 15.4 Å². The Morgan fingerprint density at radius 3 is 2.51 bits per heavy atom. The second-order valence-corrected chi connectivity index (χ2v) is 9.79. The molecule has 1 aliphatic carbocycles. The molecule has 1 aliphatic rings. The summed E-state index contributed by atoms with van der Waals surface area (Å²) in [4.78, 5) is 25.2. The van der Waals surface area contributed by atoms with E-state index in [2.05, 4.69) is 65.4 Å². The van der Waals surface area contributed by atoms with Gasteiger partial charge in [0.05, 0.1) is 18.2 Å². The second kappa shape index (κ2) is 10.7. The Morgan fingerprint density at radius 2 is 1.86 bits per heavy atom. The fourth-order valence-corrected chi connectivity index (χ4v) is 5.18. The molecule has 3 atom stereocenters. The first-order valence-corrected chi connectivity index (χ1v) is 13.0. The summed E-state index contributed by atoms with van der Waals surface area (Å²) < 4.78 is 5.84. The van der Waals surface area contributed by atoms with Gasteiger partial charge in [0.1, 0.15) is 23.5 Å². The van der Waals surface area contributed by atoms with E-state index in [4.69, 9.17) is 4.74 Å². The van der Waals surface area contributed by atoms with Crippen LogP contribution in [0.2, 0.25) is 0 Å². The van der Waals surface area contributed by atoms with E-state index in [1.807, 2.05) is 6.92 Å². The molecule has 35 heavy (non-hydrogen) atoms. The number of aryl methyl sites for hydroxylation is 1. The van der Waals surface area contributed by atoms with Crippen LogP contribution in [-0.2, 0) is 17.6 Å². The van der Waals surface area contributed by atoms with Crippen LogP contribution in [0.15, 0.2) is 18.5 Å². The Hall–Kier alpha value is -3.09. The molecular formula is C28H39N5O2. The molecule has 7 heteroatoms. The summed E-state index contributed by atoms with van der Waals surface area (Å²) in [6.07, 6.45) is 6.09. The highest BCUT2D eigenvalue weighted by Gasteiger charge is 2.29. The van der Waals surface area contributed by atoms with E-state index in [0.717, 1.165) is 65.2 Å². The van der Waals surface area contributed by atoms with Crippen LogP contribution in [0.1, 0.15) is 88.1 Å². The highest BCUT2D eigenvalue weighted by Crippen LogP contribution is 2.40. The van der Waals surface area contributed by atoms with Crippen LogP contribution in [0.4, 0.5) is 11.5 Å². The van der Waals surface area contributed by atoms with Gasteiger partial charge >= 0.3 is 0 Å². The number of aromatic amines is 1. The molecule has 0 saturated heterocycles. The van der Waals surface area contributed by atoms with Crippen molar-refractivity contribution in [3.8, 4) is 5.75 Å². The number of methoxy groups -OCH3 is 1. The molecular weight excluding hydrogens is 438 g/mol. The number of aromatic nitrogens is 3. The van der Waals surface area contributed by atoms with Crippen molar-refractivity contribution < 1.29 is 9.53 Å². The smallest absolute Gasteiger partial charge is 0.223 e. The van der Waals surface area contributed by atoms with Gasteiger partial charge in [-0.1, -0.05) is 27.7 Å². The van der Waals surface area contributed by atoms with E-state index in [1.165, 1.54) is 11.1 Å². The number of rotatable bonds is 9. The van der Waals surface area contributed by atoms with Crippen LogP contribution in [0.3, 0.4) is 0 Å². The highest BCUT2D eigenvalue weighted by molar-refractivity contribution is 5.94. The van der Waals surface area contributed by atoms with E-state index >= 15 is 0 Å². The van der Waals surface area contributed by atoms with Crippen molar-refractivity contribution in [2.45, 2.75) is 78.6 Å². The molecule has 3 N–H and O–H groups in total. The zero-order valence-corrected chi connectivity index (χ0v) is 21.9. The zero-order valence-electron chi connectivity index (χ0n) is 21.9. The molecule has 0 fully saturated rings. The monoisotopic (exact) mass is 477 g/mol. The number of anilines is 2. The van der Waals surface area contributed by atoms with Gasteiger partial charge < -0.3 is 20.4 Å². The average Bonchev–Trinajstić information content (AvgIpc) is 3.26. The summed E-state index contributed by atoms with van der Waals surface area (Å²) in [5.74, 6) is 2.54. The molecule has 0 spiro atoms. The van der Waals surface area contributed by atoms with Crippen molar-refractivity contribution in [2.24, 2.45) is 5.92 Å². The molecule has 2 heterocycles. The molecule has 3 aromatic rings. The van der Waals surface area contributed by atoms with Crippen LogP contribution >= 0.6 is 0 Å². The van der Waals surface area contributed by atoms with Crippen molar-refractivity contribution in [3.05, 3.63) is 40.8 Å². The number of carbonyl (C=O) groups is 1. The molecule has 0 saturated carbocycles. The Kier molecular flexibility index (Phi) is 7.63. The Labute approximate surface area is 208 Å². The molecule has 2 aromatic heterocycles. The van der Waals surface area contributed by atoms with Gasteiger partial charge in [-0.25, -0.2) is 9.97 Å². The maximum Gasteiger partial charge on any atom is 0.223 e. The van der Waals surface area contributed by atoms with E-state index in [9.17, 15) is 4.79 Å². The van der Waals surface area contributed by atoms with Gasteiger partial charge in [0.25, 0.3) is 0 Å². The Bertz CT molecular complexity index is 1200. The normalized spacial score (nSPS) is 17.0. The number of hydrogen-bond donors (Lipinski definition) is 3. The third kappa shape index (κ3) is 4.86. The Balaban J connectivity index is 1.77. The average molecular weight is 478 g/mol. The largest absolute Gasteiger partial charge is 0.495 e. The van der Waals surface area contributed by atoms with Gasteiger partial charge in [-0.3, -0.25) is 4.79 Å². The summed E-state index contributed by atoms with van der Waals surface area (Å²) in [5, 5.41) is 7.53. The van der Waals surface area contributed by atoms with Gasteiger partial charge in [0.2, 0.25) is 5.91 Å². The van der Waals surface area contributed by atoms with Gasteiger partial charge in [0, 0.05) is 18.2 Å². The molecule has 1 aromatic carbocycles. The van der Waals surface area contributed by atoms with Gasteiger partial charge in [-0.15, -0.1) is 0 Å². The zero-order chi connectivity index (χ0) is 25.1. The summed E-state index contributed by atoms with van der Waals surface area (Å²) in [7, 11) is 1.72. The highest BCUT2D eigenvalue weighted by atomic mass is 16.5. The first-order chi connectivity index (χ1) is 16.9. The number of hydrogen-bond acceptors (Lipinski definition) is 5. The van der Waals surface area contributed by atoms with Crippen molar-refractivity contribution in [3.63, 3.8) is 0 Å². The molecule has 1 amide bonds. The lowest BCUT2D eigenvalue weighted by atomic mass is 9.85. The molecule has 0 bridgehead atoms. The molecule has 7 nitrogen and oxygen atoms in total. The maximum absolute atomic E-state index is 12.6. The summed E-state index contributed by atoms with van der Waals surface area (Å²) in [6, 6.07) is 4.42. The molecule has 4 rings (SSSR count). The number of nitrogens with zero attached hydrogens (tertiary/aromatic N) is 2. The van der Waals surface area contributed by atoms with Crippen molar-refractivity contribution >= 4 is 28.4 Å². The fourth-order valence-electron chi connectivity index (χ4n) is 5.18. The van der Waals surface area contributed by atoms with E-state index in [0.29, 0.717) is 24.8 Å². The van der Waals surface area contributed by atoms with Crippen LogP contribution in [0.25, 0.3) is 11.0 Å². The summed E-state index contributed by atoms with van der Waals surface area (Å²) in [5.41, 5.74) is 6.71. The number of ether oxygens (including phenoxy) is 1. The minimum absolute atomic E-state index is 0.0316. The lowest BCUT2D eigenvalue weighted by Gasteiger charge is -2.23. The lowest BCUT2D eigenvalue weighted by Crippen LogP contribution is -2.33. The molecule has 188 valence electrons. The standard InChI is InChI=1S/C28H39N5O2/c1-7-16(4)19-13-23(24(35-6)14-20(19)17(5)8-2)33-27-25-21-12-18(28(34)29-9-3)10-11-22(21)32-26(25)30-15-31-27/h13-18H,7-12H2,1-6H3,(H,29,34)(H2,30,31,32,33). The van der Waals surface area contributed by atoms with E-state index in [1.54, 1.807) is 13.4 Å². The summed E-state index contributed by atoms with van der Waals surface area (Å²) >= 11 is 0. The first-order valence-electron chi connectivity index (χ1n) is 13.0. The van der Waals surface area contributed by atoms with Gasteiger partial charge in [0.15, 0.2) is 0 Å². The van der Waals surface area contributed by atoms with Gasteiger partial charge in [-0.2, -0.15) is 0 Å². The lowest BCUT2D eigenvalue weighted by molar-refractivity contribution is -0.125. The van der Waals surface area contributed by atoms with Crippen LogP contribution in [0, 0.1) is 5.92 Å². The summed E-state index contributed by atoms with van der Waals surface area (Å²) in [6.45, 7) is 11.6. The quantitative estimate of drug-likeness (QED) is 0.353. The minimum Gasteiger partial charge on any atom is -0.495 e. The van der Waals surface area contributed by atoms with Crippen LogP contribution in [-0.4, -0.2) is 34.5 Å². The minimum atomic E-state index is -0.0316. The predicted octanol–water partition coefficient (Wildman–Crippen LogP) is 5.98. The molecule has 3 unspecified atom stereocenters. The van der Waals surface area contributed by atoms with Crippen molar-refractivity contribution in [2.75, 3.05) is 19.0 Å². The van der Waals surface area contributed by atoms with E-state index in [-0.39, 0.29) is 11.8 Å². The number of amides is 1. The number of benzene rings is 1. The number of nitrogens with one attached hydrogen (secondary N) is 3. The third-order valence-electron chi connectivity index (χ3n) is 7.64. The topological polar surface area (TPSA) is 91.9 Å². The number of H-pyrrole nitrogens is 1. The molecule has 0 radical (unpaired) electrons. The van der Waals surface area contributed by atoms with E-state index < -0.39 is 0 Å².